The molecular formula is C19H16F2N2O3S2. The molecule has 0 unspecified atom stereocenters. The summed E-state index contributed by atoms with van der Waals surface area (Å²) in [5, 5.41) is 3.80. The summed E-state index contributed by atoms with van der Waals surface area (Å²) in [5.41, 5.74) is 0.657. The molecule has 0 bridgehead atoms. The molecule has 0 aliphatic carbocycles. The number of halogens is 2. The highest BCUT2D eigenvalue weighted by Gasteiger charge is 2.19. The lowest BCUT2D eigenvalue weighted by atomic mass is 10.1. The van der Waals surface area contributed by atoms with E-state index in [1.165, 1.54) is 30.3 Å². The lowest BCUT2D eigenvalue weighted by molar-refractivity contribution is 0.102. The molecule has 5 nitrogen and oxygen atoms in total. The van der Waals surface area contributed by atoms with Crippen LogP contribution in [0.2, 0.25) is 0 Å². The number of thiazole rings is 1. The van der Waals surface area contributed by atoms with Gasteiger partial charge in [-0.25, -0.2) is 22.2 Å². The first-order chi connectivity index (χ1) is 13.2. The summed E-state index contributed by atoms with van der Waals surface area (Å²) in [6.45, 7) is 3.17. The molecule has 0 aliphatic heterocycles. The molecule has 28 heavy (non-hydrogen) atoms. The Morgan fingerprint density at radius 1 is 1.11 bits per heavy atom. The lowest BCUT2D eigenvalue weighted by Gasteiger charge is -2.08. The number of amides is 1. The van der Waals surface area contributed by atoms with Crippen LogP contribution in [0.15, 0.2) is 52.7 Å². The SMILES string of the molecule is CC(C)S(=O)(=O)c1ccc(C(=O)Nc2nc(-c3ccc(F)cc3F)cs2)cc1. The van der Waals surface area contributed by atoms with E-state index in [2.05, 4.69) is 10.3 Å². The number of aromatic nitrogens is 1. The number of carbonyl (C=O) groups is 1. The molecule has 0 saturated heterocycles. The van der Waals surface area contributed by atoms with Gasteiger partial charge in [0, 0.05) is 22.6 Å². The van der Waals surface area contributed by atoms with Gasteiger partial charge in [-0.3, -0.25) is 10.1 Å². The molecule has 1 N–H and O–H groups in total. The Labute approximate surface area is 165 Å². The summed E-state index contributed by atoms with van der Waals surface area (Å²) in [6.07, 6.45) is 0. The van der Waals surface area contributed by atoms with Crippen LogP contribution in [0.4, 0.5) is 13.9 Å². The van der Waals surface area contributed by atoms with Gasteiger partial charge in [0.05, 0.1) is 15.8 Å². The number of nitrogens with zero attached hydrogens (tertiary/aromatic N) is 1. The summed E-state index contributed by atoms with van der Waals surface area (Å²) in [6, 6.07) is 8.76. The third-order valence-corrected chi connectivity index (χ3v) is 6.93. The Bertz CT molecular complexity index is 1120. The van der Waals surface area contributed by atoms with Crippen LogP contribution < -0.4 is 5.32 Å². The second kappa shape index (κ2) is 7.76. The molecule has 0 fully saturated rings. The first kappa shape index (κ1) is 20.1. The van der Waals surface area contributed by atoms with Gasteiger partial charge in [-0.05, 0) is 50.2 Å². The summed E-state index contributed by atoms with van der Waals surface area (Å²) < 4.78 is 51.1. The lowest BCUT2D eigenvalue weighted by Crippen LogP contribution is -2.15. The van der Waals surface area contributed by atoms with Crippen molar-refractivity contribution in [1.29, 1.82) is 0 Å². The highest BCUT2D eigenvalue weighted by molar-refractivity contribution is 7.92. The van der Waals surface area contributed by atoms with Gasteiger partial charge in [-0.1, -0.05) is 0 Å². The van der Waals surface area contributed by atoms with E-state index in [-0.39, 0.29) is 26.8 Å². The zero-order valence-corrected chi connectivity index (χ0v) is 16.6. The van der Waals surface area contributed by atoms with Crippen LogP contribution in [0.5, 0.6) is 0 Å². The second-order valence-electron chi connectivity index (χ2n) is 6.23. The number of sulfone groups is 1. The number of rotatable bonds is 5. The maximum absolute atomic E-state index is 13.9. The molecule has 0 radical (unpaired) electrons. The number of carbonyl (C=O) groups excluding carboxylic acids is 1. The minimum atomic E-state index is -3.42. The van der Waals surface area contributed by atoms with Crippen LogP contribution >= 0.6 is 11.3 Å². The number of hydrogen-bond donors (Lipinski definition) is 1. The Morgan fingerprint density at radius 2 is 1.79 bits per heavy atom. The predicted molar refractivity (Wildman–Crippen MR) is 104 cm³/mol. The summed E-state index contributed by atoms with van der Waals surface area (Å²) in [5.74, 6) is -1.91. The first-order valence-electron chi connectivity index (χ1n) is 8.25. The smallest absolute Gasteiger partial charge is 0.257 e. The van der Waals surface area contributed by atoms with Gasteiger partial charge in [0.1, 0.15) is 11.6 Å². The number of nitrogens with one attached hydrogen (secondary N) is 1. The normalized spacial score (nSPS) is 11.6. The van der Waals surface area contributed by atoms with Gasteiger partial charge in [0.2, 0.25) is 0 Å². The fourth-order valence-electron chi connectivity index (χ4n) is 2.39. The molecule has 2 aromatic carbocycles. The van der Waals surface area contributed by atoms with E-state index in [0.717, 1.165) is 23.5 Å². The Kier molecular flexibility index (Phi) is 5.57. The van der Waals surface area contributed by atoms with Crippen molar-refractivity contribution < 1.29 is 22.0 Å². The average Bonchev–Trinajstić information content (AvgIpc) is 3.09. The highest BCUT2D eigenvalue weighted by atomic mass is 32.2. The molecule has 1 aromatic heterocycles. The van der Waals surface area contributed by atoms with Crippen LogP contribution in [-0.4, -0.2) is 24.6 Å². The van der Waals surface area contributed by atoms with Crippen molar-refractivity contribution in [2.45, 2.75) is 24.0 Å². The van der Waals surface area contributed by atoms with Crippen molar-refractivity contribution in [2.24, 2.45) is 0 Å². The van der Waals surface area contributed by atoms with E-state index >= 15 is 0 Å². The van der Waals surface area contributed by atoms with E-state index in [4.69, 9.17) is 0 Å². The topological polar surface area (TPSA) is 76.1 Å². The Morgan fingerprint density at radius 3 is 2.39 bits per heavy atom. The zero-order chi connectivity index (χ0) is 20.5. The van der Waals surface area contributed by atoms with Gasteiger partial charge in [0.15, 0.2) is 15.0 Å². The van der Waals surface area contributed by atoms with Crippen molar-refractivity contribution in [2.75, 3.05) is 5.32 Å². The van der Waals surface area contributed by atoms with Crippen LogP contribution in [0.1, 0.15) is 24.2 Å². The van der Waals surface area contributed by atoms with E-state index in [1.807, 2.05) is 0 Å². The monoisotopic (exact) mass is 422 g/mol. The van der Waals surface area contributed by atoms with Crippen molar-refractivity contribution in [1.82, 2.24) is 4.98 Å². The number of benzene rings is 2. The third-order valence-electron chi connectivity index (χ3n) is 4.00. The Hall–Kier alpha value is -2.65. The predicted octanol–water partition coefficient (Wildman–Crippen LogP) is 4.52. The van der Waals surface area contributed by atoms with Crippen molar-refractivity contribution in [3.63, 3.8) is 0 Å². The average molecular weight is 422 g/mol. The Balaban J connectivity index is 1.76. The van der Waals surface area contributed by atoms with Crippen LogP contribution in [0.3, 0.4) is 0 Å². The van der Waals surface area contributed by atoms with E-state index in [1.54, 1.807) is 19.2 Å². The quantitative estimate of drug-likeness (QED) is 0.656. The van der Waals surface area contributed by atoms with Gasteiger partial charge in [-0.15, -0.1) is 11.3 Å². The second-order valence-corrected chi connectivity index (χ2v) is 9.60. The summed E-state index contributed by atoms with van der Waals surface area (Å²) in [7, 11) is -3.42. The minimum Gasteiger partial charge on any atom is -0.298 e. The maximum Gasteiger partial charge on any atom is 0.257 e. The van der Waals surface area contributed by atoms with Crippen molar-refractivity contribution >= 4 is 32.2 Å². The number of hydrogen-bond acceptors (Lipinski definition) is 5. The highest BCUT2D eigenvalue weighted by Crippen LogP contribution is 2.27. The maximum atomic E-state index is 13.9. The van der Waals surface area contributed by atoms with E-state index in [0.29, 0.717) is 0 Å². The molecule has 0 atom stereocenters. The standard InChI is InChI=1S/C19H16F2N2O3S2/c1-11(2)28(25,26)14-6-3-12(4-7-14)18(24)23-19-22-17(10-27-19)15-8-5-13(20)9-16(15)21/h3-11H,1-2H3,(H,22,23,24). The molecule has 1 heterocycles. The molecule has 1 amide bonds. The molecule has 0 aliphatic rings. The zero-order valence-electron chi connectivity index (χ0n) is 14.9. The van der Waals surface area contributed by atoms with Crippen LogP contribution in [-0.2, 0) is 9.84 Å². The molecule has 0 saturated carbocycles. The van der Waals surface area contributed by atoms with E-state index < -0.39 is 32.6 Å². The first-order valence-corrected chi connectivity index (χ1v) is 10.7. The molecule has 0 spiro atoms. The summed E-state index contributed by atoms with van der Waals surface area (Å²) >= 11 is 1.09. The van der Waals surface area contributed by atoms with E-state index in [9.17, 15) is 22.0 Å². The fraction of sp³-hybridized carbons (Fsp3) is 0.158. The summed E-state index contributed by atoms with van der Waals surface area (Å²) in [4.78, 5) is 16.6. The van der Waals surface area contributed by atoms with Crippen molar-refractivity contribution in [3.05, 3.63) is 65.0 Å². The van der Waals surface area contributed by atoms with Gasteiger partial charge in [-0.2, -0.15) is 0 Å². The third kappa shape index (κ3) is 4.10. The molecule has 3 rings (SSSR count). The van der Waals surface area contributed by atoms with Crippen LogP contribution in [0, 0.1) is 11.6 Å². The minimum absolute atomic E-state index is 0.126. The fourth-order valence-corrected chi connectivity index (χ4v) is 4.15. The van der Waals surface area contributed by atoms with Crippen LogP contribution in [0.25, 0.3) is 11.3 Å². The van der Waals surface area contributed by atoms with Crippen molar-refractivity contribution in [3.8, 4) is 11.3 Å². The molecule has 3 aromatic rings. The molecule has 9 heteroatoms. The molecular weight excluding hydrogens is 406 g/mol. The van der Waals surface area contributed by atoms with Gasteiger partial charge < -0.3 is 0 Å². The number of anilines is 1. The largest absolute Gasteiger partial charge is 0.298 e. The van der Waals surface area contributed by atoms with Gasteiger partial charge >= 0.3 is 0 Å². The van der Waals surface area contributed by atoms with Gasteiger partial charge in [0.25, 0.3) is 5.91 Å². The molecule has 146 valence electrons.